The molecule has 2 aromatic rings. The van der Waals surface area contributed by atoms with Crippen LogP contribution < -0.4 is 5.32 Å². The van der Waals surface area contributed by atoms with E-state index in [1.54, 1.807) is 12.1 Å². The lowest BCUT2D eigenvalue weighted by molar-refractivity contribution is -0.137. The van der Waals surface area contributed by atoms with E-state index in [2.05, 4.69) is 10.3 Å². The van der Waals surface area contributed by atoms with Gasteiger partial charge in [-0.3, -0.25) is 14.6 Å². The van der Waals surface area contributed by atoms with Crippen LogP contribution in [0.25, 0.3) is 0 Å². The summed E-state index contributed by atoms with van der Waals surface area (Å²) in [6.45, 7) is -0.165. The number of halogens is 4. The number of amides is 1. The van der Waals surface area contributed by atoms with E-state index in [0.29, 0.717) is 5.56 Å². The summed E-state index contributed by atoms with van der Waals surface area (Å²) in [5.41, 5.74) is -0.00743. The highest BCUT2D eigenvalue weighted by Gasteiger charge is 2.36. The van der Waals surface area contributed by atoms with Crippen molar-refractivity contribution in [1.82, 2.24) is 10.3 Å². The highest BCUT2D eigenvalue weighted by Crippen LogP contribution is 2.36. The third kappa shape index (κ3) is 3.37. The molecule has 0 saturated heterocycles. The number of fused-ring (bicyclic) bond motifs is 1. The molecule has 8 heteroatoms. The summed E-state index contributed by atoms with van der Waals surface area (Å²) >= 11 is 5.81. The second-order valence-electron chi connectivity index (χ2n) is 5.62. The van der Waals surface area contributed by atoms with Crippen LogP contribution in [-0.2, 0) is 17.5 Å². The average Bonchev–Trinajstić information content (AvgIpc) is 2.90. The van der Waals surface area contributed by atoms with Crippen molar-refractivity contribution in [3.05, 3.63) is 63.9 Å². The zero-order valence-electron chi connectivity index (χ0n) is 12.7. The van der Waals surface area contributed by atoms with Gasteiger partial charge in [0.05, 0.1) is 16.5 Å². The number of rotatable bonds is 3. The smallest absolute Gasteiger partial charge is 0.351 e. The Morgan fingerprint density at radius 3 is 2.76 bits per heavy atom. The lowest BCUT2D eigenvalue weighted by Gasteiger charge is -2.14. The van der Waals surface area contributed by atoms with Crippen LogP contribution in [0.5, 0.6) is 0 Å². The number of carbonyl (C=O) groups is 2. The molecule has 0 saturated carbocycles. The van der Waals surface area contributed by atoms with Gasteiger partial charge in [0.2, 0.25) is 5.91 Å². The van der Waals surface area contributed by atoms with Gasteiger partial charge in [-0.2, -0.15) is 13.2 Å². The summed E-state index contributed by atoms with van der Waals surface area (Å²) in [5, 5.41) is 2.11. The molecule has 25 heavy (non-hydrogen) atoms. The number of benzene rings is 1. The Balaban J connectivity index is 1.75. The minimum Gasteiger partial charge on any atom is -0.351 e. The molecule has 1 aromatic heterocycles. The van der Waals surface area contributed by atoms with Crippen LogP contribution in [0.1, 0.15) is 39.5 Å². The van der Waals surface area contributed by atoms with E-state index in [0.717, 1.165) is 6.07 Å². The Kier molecular flexibility index (Phi) is 4.51. The van der Waals surface area contributed by atoms with Gasteiger partial charge in [-0.05, 0) is 23.3 Å². The van der Waals surface area contributed by atoms with Crippen molar-refractivity contribution in [2.24, 2.45) is 0 Å². The highest BCUT2D eigenvalue weighted by molar-refractivity contribution is 6.32. The molecular formula is C17H12ClF3N2O2. The molecule has 1 amide bonds. The minimum atomic E-state index is -4.57. The molecule has 1 aromatic carbocycles. The third-order valence-corrected chi connectivity index (χ3v) is 4.47. The second-order valence-corrected chi connectivity index (χ2v) is 5.99. The van der Waals surface area contributed by atoms with Crippen molar-refractivity contribution in [1.29, 1.82) is 0 Å². The van der Waals surface area contributed by atoms with Crippen LogP contribution in [0.3, 0.4) is 0 Å². The molecule has 3 rings (SSSR count). The molecule has 1 atom stereocenters. The van der Waals surface area contributed by atoms with Crippen molar-refractivity contribution in [3.63, 3.8) is 0 Å². The van der Waals surface area contributed by atoms with Gasteiger partial charge >= 0.3 is 6.18 Å². The summed E-state index contributed by atoms with van der Waals surface area (Å²) in [6, 6.07) is 6.79. The normalized spacial score (nSPS) is 16.6. The zero-order valence-corrected chi connectivity index (χ0v) is 13.5. The van der Waals surface area contributed by atoms with E-state index < -0.39 is 28.6 Å². The van der Waals surface area contributed by atoms with Gasteiger partial charge in [-0.1, -0.05) is 29.8 Å². The molecule has 1 aliphatic carbocycles. The van der Waals surface area contributed by atoms with Crippen LogP contribution in [0.4, 0.5) is 13.2 Å². The molecule has 0 radical (unpaired) electrons. The Morgan fingerprint density at radius 1 is 1.28 bits per heavy atom. The largest absolute Gasteiger partial charge is 0.417 e. The maximum atomic E-state index is 12.9. The number of pyridine rings is 1. The fourth-order valence-electron chi connectivity index (χ4n) is 2.80. The van der Waals surface area contributed by atoms with E-state index in [-0.39, 0.29) is 30.0 Å². The van der Waals surface area contributed by atoms with E-state index >= 15 is 0 Å². The summed E-state index contributed by atoms with van der Waals surface area (Å²) < 4.78 is 38.6. The Labute approximate surface area is 146 Å². The van der Waals surface area contributed by atoms with Crippen molar-refractivity contribution < 1.29 is 22.8 Å². The molecule has 1 N–H and O–H groups in total. The van der Waals surface area contributed by atoms with Crippen molar-refractivity contribution in [2.45, 2.75) is 25.1 Å². The Morgan fingerprint density at radius 2 is 2.04 bits per heavy atom. The van der Waals surface area contributed by atoms with Gasteiger partial charge in [0.1, 0.15) is 5.69 Å². The topological polar surface area (TPSA) is 59.1 Å². The molecule has 0 aliphatic heterocycles. The highest BCUT2D eigenvalue weighted by atomic mass is 35.5. The number of Topliss-reactive ketones (excluding diaryl/α,β-unsaturated/α-hetero) is 1. The first-order valence-corrected chi connectivity index (χ1v) is 7.77. The summed E-state index contributed by atoms with van der Waals surface area (Å²) in [7, 11) is 0. The quantitative estimate of drug-likeness (QED) is 0.897. The fourth-order valence-corrected chi connectivity index (χ4v) is 3.10. The van der Waals surface area contributed by atoms with E-state index in [1.165, 1.54) is 18.3 Å². The third-order valence-electron chi connectivity index (χ3n) is 4.02. The standard InChI is InChI=1S/C17H12ClF3N2O2/c18-14-9(3-1-5-12(14)17(19,20)21)8-23-16(25)11-7-13(24)15-10(11)4-2-6-22-15/h1-6,11H,7-8H2,(H,23,25). The van der Waals surface area contributed by atoms with E-state index in [1.807, 2.05) is 0 Å². The van der Waals surface area contributed by atoms with Crippen LogP contribution in [0.2, 0.25) is 5.02 Å². The number of hydrogen-bond donors (Lipinski definition) is 1. The molecule has 4 nitrogen and oxygen atoms in total. The second kappa shape index (κ2) is 6.48. The monoisotopic (exact) mass is 368 g/mol. The minimum absolute atomic E-state index is 0.00545. The average molecular weight is 369 g/mol. The number of nitrogens with one attached hydrogen (secondary N) is 1. The maximum absolute atomic E-state index is 12.9. The molecule has 130 valence electrons. The Hall–Kier alpha value is -2.41. The van der Waals surface area contributed by atoms with Crippen LogP contribution in [0, 0.1) is 0 Å². The van der Waals surface area contributed by atoms with Crippen molar-refractivity contribution in [3.8, 4) is 0 Å². The Bertz CT molecular complexity index is 852. The number of nitrogens with zero attached hydrogens (tertiary/aromatic N) is 1. The number of alkyl halides is 3. The molecule has 0 spiro atoms. The molecule has 0 fully saturated rings. The first-order chi connectivity index (χ1) is 11.8. The van der Waals surface area contributed by atoms with Crippen molar-refractivity contribution in [2.75, 3.05) is 0 Å². The number of carbonyl (C=O) groups excluding carboxylic acids is 2. The van der Waals surface area contributed by atoms with Gasteiger partial charge in [0, 0.05) is 19.2 Å². The summed E-state index contributed by atoms with van der Waals surface area (Å²) in [4.78, 5) is 28.2. The predicted octanol–water partition coefficient (Wildman–Crippen LogP) is 3.74. The maximum Gasteiger partial charge on any atom is 0.417 e. The van der Waals surface area contributed by atoms with Gasteiger partial charge in [0.25, 0.3) is 0 Å². The molecule has 1 aliphatic rings. The molecular weight excluding hydrogens is 357 g/mol. The number of ketones is 1. The first kappa shape index (κ1) is 17.4. The first-order valence-electron chi connectivity index (χ1n) is 7.39. The van der Waals surface area contributed by atoms with Crippen LogP contribution >= 0.6 is 11.6 Å². The van der Waals surface area contributed by atoms with Crippen LogP contribution in [0.15, 0.2) is 36.5 Å². The van der Waals surface area contributed by atoms with Gasteiger partial charge in [-0.25, -0.2) is 0 Å². The van der Waals surface area contributed by atoms with E-state index in [9.17, 15) is 22.8 Å². The van der Waals surface area contributed by atoms with Gasteiger partial charge < -0.3 is 5.32 Å². The lowest BCUT2D eigenvalue weighted by Crippen LogP contribution is -2.28. The fraction of sp³-hybridized carbons (Fsp3) is 0.235. The van der Waals surface area contributed by atoms with Gasteiger partial charge in [0.15, 0.2) is 5.78 Å². The van der Waals surface area contributed by atoms with Crippen LogP contribution in [-0.4, -0.2) is 16.7 Å². The lowest BCUT2D eigenvalue weighted by atomic mass is 10.0. The zero-order chi connectivity index (χ0) is 18.2. The molecule has 1 unspecified atom stereocenters. The van der Waals surface area contributed by atoms with Crippen molar-refractivity contribution >= 4 is 23.3 Å². The number of hydrogen-bond acceptors (Lipinski definition) is 3. The SMILES string of the molecule is O=C1CC(C(=O)NCc2cccc(C(F)(F)F)c2Cl)c2cccnc21. The summed E-state index contributed by atoms with van der Waals surface area (Å²) in [5.74, 6) is -1.37. The molecule has 1 heterocycles. The van der Waals surface area contributed by atoms with Gasteiger partial charge in [-0.15, -0.1) is 0 Å². The van der Waals surface area contributed by atoms with E-state index in [4.69, 9.17) is 11.6 Å². The number of aromatic nitrogens is 1. The molecule has 0 bridgehead atoms. The summed E-state index contributed by atoms with van der Waals surface area (Å²) in [6.07, 6.45) is -3.10. The predicted molar refractivity (Wildman–Crippen MR) is 84.2 cm³/mol.